The number of hydrogen-bond donors (Lipinski definition) is 2. The third-order valence-corrected chi connectivity index (χ3v) is 5.91. The van der Waals surface area contributed by atoms with Crippen molar-refractivity contribution in [3.05, 3.63) is 57.5 Å². The number of hydrogen-bond acceptors (Lipinski definition) is 5. The van der Waals surface area contributed by atoms with Gasteiger partial charge in [0.2, 0.25) is 10.0 Å². The normalized spacial score (nSPS) is 15.8. The number of rotatable bonds is 4. The molecule has 2 heterocycles. The van der Waals surface area contributed by atoms with E-state index in [4.69, 9.17) is 11.6 Å². The molecule has 0 saturated carbocycles. The minimum atomic E-state index is -3.64. The second-order valence-corrected chi connectivity index (χ2v) is 8.10. The molecule has 2 aromatic rings. The van der Waals surface area contributed by atoms with E-state index < -0.39 is 10.0 Å². The summed E-state index contributed by atoms with van der Waals surface area (Å²) in [5, 5.41) is 6.42. The Labute approximate surface area is 155 Å². The molecule has 0 bridgehead atoms. The summed E-state index contributed by atoms with van der Waals surface area (Å²) in [6, 6.07) is 8.30. The molecule has 10 heteroatoms. The SMILES string of the molecule is O=C(c1ccc(=O)[nH]n1)N1CCC(NS(=O)(=O)c2ccc(Cl)cc2)CC1. The lowest BCUT2D eigenvalue weighted by Crippen LogP contribution is -2.46. The van der Waals surface area contributed by atoms with Crippen molar-refractivity contribution < 1.29 is 13.2 Å². The number of nitrogens with one attached hydrogen (secondary N) is 2. The zero-order valence-electron chi connectivity index (χ0n) is 13.7. The second-order valence-electron chi connectivity index (χ2n) is 5.95. The Morgan fingerprint density at radius 1 is 1.15 bits per heavy atom. The van der Waals surface area contributed by atoms with E-state index >= 15 is 0 Å². The van der Waals surface area contributed by atoms with Gasteiger partial charge in [0.05, 0.1) is 4.90 Å². The van der Waals surface area contributed by atoms with Crippen molar-refractivity contribution in [3.8, 4) is 0 Å². The molecule has 1 fully saturated rings. The average Bonchev–Trinajstić information content (AvgIpc) is 2.62. The van der Waals surface area contributed by atoms with Gasteiger partial charge in [-0.25, -0.2) is 18.2 Å². The highest BCUT2D eigenvalue weighted by molar-refractivity contribution is 7.89. The number of likely N-dealkylation sites (tertiary alicyclic amines) is 1. The number of aromatic nitrogens is 2. The molecule has 1 saturated heterocycles. The summed E-state index contributed by atoms with van der Waals surface area (Å²) >= 11 is 5.78. The van der Waals surface area contributed by atoms with Crippen LogP contribution in [0.1, 0.15) is 23.3 Å². The number of sulfonamides is 1. The van der Waals surface area contributed by atoms with E-state index in [0.29, 0.717) is 31.0 Å². The standard InChI is InChI=1S/C16H17ClN4O4S/c17-11-1-3-13(4-2-11)26(24,25)20-12-7-9-21(10-8-12)16(23)14-5-6-15(22)19-18-14/h1-6,12,20H,7-10H2,(H,19,22). The van der Waals surface area contributed by atoms with Crippen LogP contribution in [0, 0.1) is 0 Å². The van der Waals surface area contributed by atoms with Gasteiger partial charge < -0.3 is 4.90 Å². The molecule has 1 aliphatic rings. The van der Waals surface area contributed by atoms with Gasteiger partial charge in [-0.2, -0.15) is 5.10 Å². The van der Waals surface area contributed by atoms with Crippen LogP contribution < -0.4 is 10.3 Å². The van der Waals surface area contributed by atoms with Crippen LogP contribution in [0.4, 0.5) is 0 Å². The van der Waals surface area contributed by atoms with Gasteiger partial charge >= 0.3 is 0 Å². The number of halogens is 1. The number of carbonyl (C=O) groups is 1. The van der Waals surface area contributed by atoms with Gasteiger partial charge in [-0.15, -0.1) is 0 Å². The lowest BCUT2D eigenvalue weighted by Gasteiger charge is -2.32. The number of carbonyl (C=O) groups excluding carboxylic acids is 1. The molecule has 3 rings (SSSR count). The van der Waals surface area contributed by atoms with Crippen LogP contribution in [0.25, 0.3) is 0 Å². The molecule has 0 unspecified atom stereocenters. The van der Waals surface area contributed by atoms with Crippen molar-refractivity contribution in [2.75, 3.05) is 13.1 Å². The van der Waals surface area contributed by atoms with Crippen molar-refractivity contribution in [1.29, 1.82) is 0 Å². The Morgan fingerprint density at radius 3 is 2.38 bits per heavy atom. The fraction of sp³-hybridized carbons (Fsp3) is 0.312. The predicted octanol–water partition coefficient (Wildman–Crippen LogP) is 1.01. The zero-order valence-corrected chi connectivity index (χ0v) is 15.3. The molecule has 0 atom stereocenters. The van der Waals surface area contributed by atoms with E-state index in [1.807, 2.05) is 0 Å². The van der Waals surface area contributed by atoms with Gasteiger partial charge in [0, 0.05) is 30.2 Å². The van der Waals surface area contributed by atoms with Crippen molar-refractivity contribution >= 4 is 27.5 Å². The first-order valence-corrected chi connectivity index (χ1v) is 9.84. The monoisotopic (exact) mass is 396 g/mol. The lowest BCUT2D eigenvalue weighted by atomic mass is 10.1. The van der Waals surface area contributed by atoms with Crippen LogP contribution in [0.15, 0.2) is 46.1 Å². The molecule has 8 nitrogen and oxygen atoms in total. The van der Waals surface area contributed by atoms with Crippen molar-refractivity contribution in [2.45, 2.75) is 23.8 Å². The summed E-state index contributed by atoms with van der Waals surface area (Å²) in [7, 11) is -3.64. The van der Waals surface area contributed by atoms with Gasteiger partial charge in [-0.3, -0.25) is 9.59 Å². The molecular formula is C16H17ClN4O4S. The van der Waals surface area contributed by atoms with Crippen LogP contribution in [0.2, 0.25) is 5.02 Å². The van der Waals surface area contributed by atoms with Gasteiger partial charge in [0.15, 0.2) is 0 Å². The maximum Gasteiger partial charge on any atom is 0.274 e. The van der Waals surface area contributed by atoms with Crippen LogP contribution in [-0.4, -0.2) is 48.6 Å². The average molecular weight is 397 g/mol. The van der Waals surface area contributed by atoms with Gasteiger partial charge in [0.1, 0.15) is 5.69 Å². The quantitative estimate of drug-likeness (QED) is 0.800. The molecule has 1 aromatic heterocycles. The fourth-order valence-corrected chi connectivity index (χ4v) is 4.16. The van der Waals surface area contributed by atoms with Gasteiger partial charge in [-0.05, 0) is 43.2 Å². The molecule has 0 aliphatic carbocycles. The van der Waals surface area contributed by atoms with Crippen LogP contribution in [-0.2, 0) is 10.0 Å². The van der Waals surface area contributed by atoms with E-state index in [0.717, 1.165) is 0 Å². The maximum atomic E-state index is 12.4. The first kappa shape index (κ1) is 18.6. The van der Waals surface area contributed by atoms with Crippen LogP contribution in [0.3, 0.4) is 0 Å². The Bertz CT molecular complexity index is 930. The first-order chi connectivity index (χ1) is 12.3. The second kappa shape index (κ2) is 7.56. The largest absolute Gasteiger partial charge is 0.337 e. The van der Waals surface area contributed by atoms with E-state index in [9.17, 15) is 18.0 Å². The fourth-order valence-electron chi connectivity index (χ4n) is 2.73. The highest BCUT2D eigenvalue weighted by Crippen LogP contribution is 2.18. The summed E-state index contributed by atoms with van der Waals surface area (Å²) in [5.41, 5.74) is -0.221. The van der Waals surface area contributed by atoms with Crippen molar-refractivity contribution in [1.82, 2.24) is 19.8 Å². The van der Waals surface area contributed by atoms with E-state index in [2.05, 4.69) is 14.9 Å². The van der Waals surface area contributed by atoms with Gasteiger partial charge in [0.25, 0.3) is 11.5 Å². The van der Waals surface area contributed by atoms with E-state index in [1.54, 1.807) is 4.90 Å². The third kappa shape index (κ3) is 4.29. The smallest absolute Gasteiger partial charge is 0.274 e. The first-order valence-electron chi connectivity index (χ1n) is 7.98. The highest BCUT2D eigenvalue weighted by Gasteiger charge is 2.27. The lowest BCUT2D eigenvalue weighted by molar-refractivity contribution is 0.0704. The maximum absolute atomic E-state index is 12.4. The summed E-state index contributed by atoms with van der Waals surface area (Å²) in [6.07, 6.45) is 0.976. The molecule has 0 radical (unpaired) electrons. The molecule has 1 aromatic carbocycles. The topological polar surface area (TPSA) is 112 Å². The number of benzene rings is 1. The third-order valence-electron chi connectivity index (χ3n) is 4.13. The summed E-state index contributed by atoms with van der Waals surface area (Å²) in [5.74, 6) is -0.291. The minimum Gasteiger partial charge on any atom is -0.337 e. The Kier molecular flexibility index (Phi) is 5.40. The molecule has 26 heavy (non-hydrogen) atoms. The molecule has 1 amide bonds. The number of piperidine rings is 1. The van der Waals surface area contributed by atoms with Crippen molar-refractivity contribution in [2.24, 2.45) is 0 Å². The number of aromatic amines is 1. The molecule has 1 aliphatic heterocycles. The Hall–Kier alpha value is -2.23. The van der Waals surface area contributed by atoms with Gasteiger partial charge in [-0.1, -0.05) is 11.6 Å². The number of nitrogens with zero attached hydrogens (tertiary/aromatic N) is 2. The molecular weight excluding hydrogens is 380 g/mol. The molecule has 2 N–H and O–H groups in total. The van der Waals surface area contributed by atoms with E-state index in [-0.39, 0.29) is 28.1 Å². The van der Waals surface area contributed by atoms with Crippen LogP contribution in [0.5, 0.6) is 0 Å². The Morgan fingerprint density at radius 2 is 1.81 bits per heavy atom. The molecule has 0 spiro atoms. The predicted molar refractivity (Wildman–Crippen MR) is 95.6 cm³/mol. The van der Waals surface area contributed by atoms with Crippen LogP contribution >= 0.6 is 11.6 Å². The number of amides is 1. The number of H-pyrrole nitrogens is 1. The summed E-state index contributed by atoms with van der Waals surface area (Å²) < 4.78 is 27.5. The zero-order chi connectivity index (χ0) is 18.7. The highest BCUT2D eigenvalue weighted by atomic mass is 35.5. The minimum absolute atomic E-state index is 0.151. The summed E-state index contributed by atoms with van der Waals surface area (Å²) in [6.45, 7) is 0.793. The van der Waals surface area contributed by atoms with E-state index in [1.165, 1.54) is 36.4 Å². The molecule has 138 valence electrons. The Balaban J connectivity index is 1.59. The summed E-state index contributed by atoms with van der Waals surface area (Å²) in [4.78, 5) is 25.1. The van der Waals surface area contributed by atoms with Crippen molar-refractivity contribution in [3.63, 3.8) is 0 Å².